The van der Waals surface area contributed by atoms with E-state index in [1.54, 1.807) is 4.90 Å². The fourth-order valence-corrected chi connectivity index (χ4v) is 1.51. The molecule has 1 fully saturated rings. The highest BCUT2D eigenvalue weighted by atomic mass is 19.4. The van der Waals surface area contributed by atoms with Gasteiger partial charge in [0.15, 0.2) is 12.5 Å². The maximum absolute atomic E-state index is 11.9. The van der Waals surface area contributed by atoms with Crippen molar-refractivity contribution in [3.05, 3.63) is 12.5 Å². The van der Waals surface area contributed by atoms with Crippen molar-refractivity contribution in [2.45, 2.75) is 19.0 Å². The number of likely N-dealkylation sites (tertiary alicyclic amines) is 1. The van der Waals surface area contributed by atoms with Crippen LogP contribution < -0.4 is 0 Å². The number of ether oxygens (including phenoxy) is 1. The van der Waals surface area contributed by atoms with Crippen LogP contribution in [0.25, 0.3) is 0 Å². The van der Waals surface area contributed by atoms with Crippen molar-refractivity contribution in [2.24, 2.45) is 5.92 Å². The normalized spacial score (nSPS) is 18.0. The predicted molar refractivity (Wildman–Crippen MR) is 51.1 cm³/mol. The summed E-state index contributed by atoms with van der Waals surface area (Å²) in [4.78, 5) is 1.64. The number of halogens is 3. The van der Waals surface area contributed by atoms with Gasteiger partial charge in [-0.15, -0.1) is 0 Å². The summed E-state index contributed by atoms with van der Waals surface area (Å²) in [6.07, 6.45) is -3.05. The van der Waals surface area contributed by atoms with Crippen LogP contribution in [0.2, 0.25) is 0 Å². The first kappa shape index (κ1) is 12.7. The first-order valence-electron chi connectivity index (χ1n) is 4.95. The minimum absolute atomic E-state index is 0.00772. The molecular formula is C10H13F3N2O. The first-order chi connectivity index (χ1) is 7.42. The van der Waals surface area contributed by atoms with Crippen LogP contribution in [0.15, 0.2) is 12.5 Å². The van der Waals surface area contributed by atoms with Crippen molar-refractivity contribution >= 4 is 0 Å². The average Bonchev–Trinajstić information content (AvgIpc) is 2.25. The Morgan fingerprint density at radius 2 is 2.00 bits per heavy atom. The van der Waals surface area contributed by atoms with Gasteiger partial charge in [0, 0.05) is 19.0 Å². The molecule has 1 heterocycles. The zero-order valence-electron chi connectivity index (χ0n) is 8.76. The standard InChI is InChI=1S/C10H13F3N2O/c1-8(16-7-10(11,12)13)15-4-2-9(6-14)3-5-15/h9H,1-5,7H2. The van der Waals surface area contributed by atoms with Gasteiger partial charge in [-0.05, 0) is 19.4 Å². The summed E-state index contributed by atoms with van der Waals surface area (Å²) in [6, 6.07) is 2.14. The van der Waals surface area contributed by atoms with Crippen LogP contribution in [0.1, 0.15) is 12.8 Å². The second kappa shape index (κ2) is 5.10. The van der Waals surface area contributed by atoms with E-state index in [4.69, 9.17) is 5.26 Å². The number of nitrogens with zero attached hydrogens (tertiary/aromatic N) is 2. The highest BCUT2D eigenvalue weighted by Gasteiger charge is 2.30. The van der Waals surface area contributed by atoms with Crippen molar-refractivity contribution in [1.29, 1.82) is 5.26 Å². The zero-order chi connectivity index (χ0) is 12.2. The molecule has 0 radical (unpaired) electrons. The summed E-state index contributed by atoms with van der Waals surface area (Å²) in [7, 11) is 0. The van der Waals surface area contributed by atoms with Crippen LogP contribution in [0, 0.1) is 17.2 Å². The minimum Gasteiger partial charge on any atom is -0.470 e. The van der Waals surface area contributed by atoms with E-state index in [-0.39, 0.29) is 11.8 Å². The molecule has 0 aromatic carbocycles. The highest BCUT2D eigenvalue weighted by molar-refractivity contribution is 4.93. The number of hydrogen-bond acceptors (Lipinski definition) is 3. The molecule has 6 heteroatoms. The Bertz CT molecular complexity index is 287. The summed E-state index contributed by atoms with van der Waals surface area (Å²) in [5.74, 6) is 0.0281. The van der Waals surface area contributed by atoms with Gasteiger partial charge < -0.3 is 9.64 Å². The van der Waals surface area contributed by atoms with Gasteiger partial charge in [0.25, 0.3) is 0 Å². The van der Waals surface area contributed by atoms with Gasteiger partial charge in [-0.2, -0.15) is 18.4 Å². The van der Waals surface area contributed by atoms with Gasteiger partial charge in [-0.3, -0.25) is 0 Å². The maximum Gasteiger partial charge on any atom is 0.422 e. The molecule has 0 aromatic rings. The summed E-state index contributed by atoms with van der Waals surface area (Å²) >= 11 is 0. The number of nitriles is 1. The Balaban J connectivity index is 2.31. The molecule has 0 N–H and O–H groups in total. The lowest BCUT2D eigenvalue weighted by molar-refractivity contribution is -0.170. The third kappa shape index (κ3) is 4.01. The van der Waals surface area contributed by atoms with E-state index in [0.29, 0.717) is 25.9 Å². The largest absolute Gasteiger partial charge is 0.470 e. The fraction of sp³-hybridized carbons (Fsp3) is 0.700. The second-order valence-electron chi connectivity index (χ2n) is 3.69. The molecule has 1 saturated heterocycles. The van der Waals surface area contributed by atoms with Crippen LogP contribution in [0.5, 0.6) is 0 Å². The Kier molecular flexibility index (Phi) is 4.05. The van der Waals surface area contributed by atoms with Crippen LogP contribution in [0.4, 0.5) is 13.2 Å². The molecule has 1 rings (SSSR count). The summed E-state index contributed by atoms with van der Waals surface area (Å²) in [5, 5.41) is 8.65. The molecular weight excluding hydrogens is 221 g/mol. The molecule has 0 bridgehead atoms. The van der Waals surface area contributed by atoms with Crippen LogP contribution >= 0.6 is 0 Å². The van der Waals surface area contributed by atoms with Gasteiger partial charge in [-0.25, -0.2) is 0 Å². The maximum atomic E-state index is 11.9. The molecule has 0 spiro atoms. The topological polar surface area (TPSA) is 36.3 Å². The molecule has 1 aliphatic rings. The third-order valence-electron chi connectivity index (χ3n) is 2.43. The van der Waals surface area contributed by atoms with E-state index < -0.39 is 12.8 Å². The van der Waals surface area contributed by atoms with Gasteiger partial charge in [0.2, 0.25) is 0 Å². The van der Waals surface area contributed by atoms with E-state index >= 15 is 0 Å². The van der Waals surface area contributed by atoms with Gasteiger partial charge in [0.1, 0.15) is 0 Å². The van der Waals surface area contributed by atoms with Crippen molar-refractivity contribution in [3.63, 3.8) is 0 Å². The first-order valence-corrected chi connectivity index (χ1v) is 4.95. The number of piperidine rings is 1. The summed E-state index contributed by atoms with van der Waals surface area (Å²) in [6.45, 7) is 3.18. The van der Waals surface area contributed by atoms with E-state index in [1.165, 1.54) is 0 Å². The summed E-state index contributed by atoms with van der Waals surface area (Å²) in [5.41, 5.74) is 0. The second-order valence-corrected chi connectivity index (χ2v) is 3.69. The monoisotopic (exact) mass is 234 g/mol. The zero-order valence-corrected chi connectivity index (χ0v) is 8.76. The molecule has 0 atom stereocenters. The number of alkyl halides is 3. The van der Waals surface area contributed by atoms with Gasteiger partial charge in [-0.1, -0.05) is 0 Å². The molecule has 3 nitrogen and oxygen atoms in total. The van der Waals surface area contributed by atoms with E-state index in [0.717, 1.165) is 0 Å². The quantitative estimate of drug-likeness (QED) is 0.703. The average molecular weight is 234 g/mol. The summed E-state index contributed by atoms with van der Waals surface area (Å²) < 4.78 is 40.2. The Morgan fingerprint density at radius 1 is 1.44 bits per heavy atom. The third-order valence-corrected chi connectivity index (χ3v) is 2.43. The van der Waals surface area contributed by atoms with Crippen LogP contribution in [0.3, 0.4) is 0 Å². The van der Waals surface area contributed by atoms with E-state index in [9.17, 15) is 13.2 Å². The lowest BCUT2D eigenvalue weighted by Crippen LogP contribution is -2.34. The SMILES string of the molecule is C=C(OCC(F)(F)F)N1CCC(C#N)CC1. The van der Waals surface area contributed by atoms with Crippen LogP contribution in [-0.4, -0.2) is 30.8 Å². The molecule has 0 amide bonds. The van der Waals surface area contributed by atoms with E-state index in [1.807, 2.05) is 0 Å². The molecule has 90 valence electrons. The Hall–Kier alpha value is -1.38. The molecule has 0 aromatic heterocycles. The lowest BCUT2D eigenvalue weighted by Gasteiger charge is -2.31. The van der Waals surface area contributed by atoms with Crippen molar-refractivity contribution in [2.75, 3.05) is 19.7 Å². The predicted octanol–water partition coefficient (Wildman–Crippen LogP) is 2.27. The molecule has 1 aliphatic heterocycles. The Labute approximate surface area is 92.1 Å². The van der Waals surface area contributed by atoms with Crippen molar-refractivity contribution in [1.82, 2.24) is 4.90 Å². The smallest absolute Gasteiger partial charge is 0.422 e. The van der Waals surface area contributed by atoms with Gasteiger partial charge >= 0.3 is 6.18 Å². The molecule has 16 heavy (non-hydrogen) atoms. The number of hydrogen-bond donors (Lipinski definition) is 0. The molecule has 0 unspecified atom stereocenters. The highest BCUT2D eigenvalue weighted by Crippen LogP contribution is 2.21. The molecule has 0 saturated carbocycles. The van der Waals surface area contributed by atoms with E-state index in [2.05, 4.69) is 17.4 Å². The lowest BCUT2D eigenvalue weighted by atomic mass is 9.99. The Morgan fingerprint density at radius 3 is 2.44 bits per heavy atom. The molecule has 0 aliphatic carbocycles. The van der Waals surface area contributed by atoms with Crippen LogP contribution in [-0.2, 0) is 4.74 Å². The van der Waals surface area contributed by atoms with Crippen molar-refractivity contribution < 1.29 is 17.9 Å². The van der Waals surface area contributed by atoms with Gasteiger partial charge in [0.05, 0.1) is 6.07 Å². The van der Waals surface area contributed by atoms with Crippen molar-refractivity contribution in [3.8, 4) is 6.07 Å². The number of rotatable bonds is 3. The fourth-order valence-electron chi connectivity index (χ4n) is 1.51. The minimum atomic E-state index is -4.34.